The molecule has 0 heterocycles. The normalized spacial score (nSPS) is 22.2. The van der Waals surface area contributed by atoms with E-state index >= 15 is 0 Å². The van der Waals surface area contributed by atoms with Gasteiger partial charge in [-0.3, -0.25) is 4.79 Å². The molecule has 0 unspecified atom stereocenters. The summed E-state index contributed by atoms with van der Waals surface area (Å²) in [6.07, 6.45) is 8.88. The van der Waals surface area contributed by atoms with Gasteiger partial charge in [-0.05, 0) is 19.3 Å². The number of carbonyl (C=O) groups is 1. The molecule has 11 heavy (non-hydrogen) atoms. The highest BCUT2D eigenvalue weighted by molar-refractivity contribution is 5.76. The van der Waals surface area contributed by atoms with Crippen molar-refractivity contribution < 1.29 is 4.79 Å². The van der Waals surface area contributed by atoms with E-state index in [9.17, 15) is 4.79 Å². The summed E-state index contributed by atoms with van der Waals surface area (Å²) in [4.78, 5) is 10.8. The zero-order valence-electron chi connectivity index (χ0n) is 6.88. The largest absolute Gasteiger partial charge is 0.369 e. The van der Waals surface area contributed by atoms with Gasteiger partial charge in [0.1, 0.15) is 0 Å². The van der Waals surface area contributed by atoms with Crippen molar-refractivity contribution in [2.45, 2.75) is 38.5 Å². The second kappa shape index (κ2) is 4.37. The van der Waals surface area contributed by atoms with Gasteiger partial charge in [-0.25, -0.2) is 0 Å². The van der Waals surface area contributed by atoms with Crippen LogP contribution in [0, 0.1) is 12.3 Å². The molecule has 0 aromatic rings. The van der Waals surface area contributed by atoms with Gasteiger partial charge in [0.15, 0.2) is 0 Å². The fourth-order valence-electron chi connectivity index (χ4n) is 1.59. The van der Waals surface area contributed by atoms with Gasteiger partial charge in [0.25, 0.3) is 0 Å². The van der Waals surface area contributed by atoms with E-state index in [2.05, 4.69) is 6.42 Å². The Morgan fingerprint density at radius 1 is 1.27 bits per heavy atom. The molecule has 0 aromatic heterocycles. The fourth-order valence-corrected chi connectivity index (χ4v) is 1.59. The van der Waals surface area contributed by atoms with E-state index in [0.29, 0.717) is 0 Å². The average Bonchev–Trinajstić information content (AvgIpc) is 1.84. The Morgan fingerprint density at radius 3 is 2.27 bits per heavy atom. The molecule has 1 amide bonds. The molecule has 1 radical (unpaired) electrons. The molecule has 0 bridgehead atoms. The number of amides is 1. The van der Waals surface area contributed by atoms with Crippen molar-refractivity contribution in [3.05, 3.63) is 6.42 Å². The Morgan fingerprint density at radius 2 is 1.82 bits per heavy atom. The molecule has 0 aliphatic heterocycles. The minimum atomic E-state index is -0.105. The minimum absolute atomic E-state index is 0.105. The molecule has 0 atom stereocenters. The van der Waals surface area contributed by atoms with E-state index in [-0.39, 0.29) is 11.8 Å². The summed E-state index contributed by atoms with van der Waals surface area (Å²) in [5.74, 6) is 0.0515. The van der Waals surface area contributed by atoms with Gasteiger partial charge in [-0.2, -0.15) is 0 Å². The summed E-state index contributed by atoms with van der Waals surface area (Å²) in [6, 6.07) is 0. The summed E-state index contributed by atoms with van der Waals surface area (Å²) < 4.78 is 0. The van der Waals surface area contributed by atoms with E-state index in [0.717, 1.165) is 38.5 Å². The van der Waals surface area contributed by atoms with Crippen LogP contribution in [0.15, 0.2) is 0 Å². The predicted octanol–water partition coefficient (Wildman–Crippen LogP) is 1.65. The standard InChI is InChI=1S/C9H16NO/c10-9(11)8-6-4-2-1-3-5-7-8/h1,8H,2-7H2,(H2,10,11). The summed E-state index contributed by atoms with van der Waals surface area (Å²) in [5.41, 5.74) is 5.24. The molecule has 1 aliphatic carbocycles. The van der Waals surface area contributed by atoms with Crippen LogP contribution in [-0.4, -0.2) is 5.91 Å². The minimum Gasteiger partial charge on any atom is -0.369 e. The van der Waals surface area contributed by atoms with Crippen molar-refractivity contribution in [2.24, 2.45) is 11.7 Å². The maximum atomic E-state index is 10.8. The second-order valence-corrected chi connectivity index (χ2v) is 3.25. The van der Waals surface area contributed by atoms with Crippen molar-refractivity contribution in [3.63, 3.8) is 0 Å². The van der Waals surface area contributed by atoms with Crippen molar-refractivity contribution in [1.82, 2.24) is 0 Å². The second-order valence-electron chi connectivity index (χ2n) is 3.25. The number of rotatable bonds is 1. The molecule has 0 spiro atoms. The molecule has 1 aliphatic rings. The highest BCUT2D eigenvalue weighted by Crippen LogP contribution is 2.20. The van der Waals surface area contributed by atoms with Crippen LogP contribution in [0.5, 0.6) is 0 Å². The van der Waals surface area contributed by atoms with E-state index in [1.807, 2.05) is 0 Å². The zero-order valence-corrected chi connectivity index (χ0v) is 6.88. The first-order valence-electron chi connectivity index (χ1n) is 4.41. The van der Waals surface area contributed by atoms with E-state index in [4.69, 9.17) is 5.73 Å². The SMILES string of the molecule is NC(=O)C1CCC[CH]CCC1. The van der Waals surface area contributed by atoms with Crippen molar-refractivity contribution in [3.8, 4) is 0 Å². The zero-order chi connectivity index (χ0) is 8.10. The van der Waals surface area contributed by atoms with Crippen molar-refractivity contribution in [1.29, 1.82) is 0 Å². The summed E-state index contributed by atoms with van der Waals surface area (Å²) in [6.45, 7) is 0. The van der Waals surface area contributed by atoms with E-state index < -0.39 is 0 Å². The number of hydrogen-bond acceptors (Lipinski definition) is 1. The van der Waals surface area contributed by atoms with Gasteiger partial charge in [0, 0.05) is 5.92 Å². The number of carbonyl (C=O) groups excluding carboxylic acids is 1. The van der Waals surface area contributed by atoms with E-state index in [1.54, 1.807) is 0 Å². The van der Waals surface area contributed by atoms with Crippen LogP contribution < -0.4 is 5.73 Å². The molecular weight excluding hydrogens is 138 g/mol. The Labute approximate surface area is 68.2 Å². The maximum Gasteiger partial charge on any atom is 0.220 e. The smallest absolute Gasteiger partial charge is 0.220 e. The molecule has 1 saturated carbocycles. The third-order valence-corrected chi connectivity index (χ3v) is 2.32. The average molecular weight is 154 g/mol. The predicted molar refractivity (Wildman–Crippen MR) is 44.7 cm³/mol. The number of nitrogens with two attached hydrogens (primary N) is 1. The molecule has 1 rings (SSSR count). The monoisotopic (exact) mass is 154 g/mol. The topological polar surface area (TPSA) is 43.1 Å². The van der Waals surface area contributed by atoms with Crippen LogP contribution in [0.2, 0.25) is 0 Å². The quantitative estimate of drug-likeness (QED) is 0.613. The van der Waals surface area contributed by atoms with Gasteiger partial charge in [-0.1, -0.05) is 25.7 Å². The molecule has 2 nitrogen and oxygen atoms in total. The lowest BCUT2D eigenvalue weighted by Gasteiger charge is -2.15. The molecule has 63 valence electrons. The number of primary amides is 1. The van der Waals surface area contributed by atoms with Crippen LogP contribution in [-0.2, 0) is 4.79 Å². The number of hydrogen-bond donors (Lipinski definition) is 1. The Balaban J connectivity index is 2.32. The summed E-state index contributed by atoms with van der Waals surface area (Å²) >= 11 is 0. The van der Waals surface area contributed by atoms with Gasteiger partial charge in [-0.15, -0.1) is 0 Å². The first-order valence-corrected chi connectivity index (χ1v) is 4.41. The van der Waals surface area contributed by atoms with Crippen LogP contribution in [0.25, 0.3) is 0 Å². The Bertz CT molecular complexity index is 126. The fraction of sp³-hybridized carbons (Fsp3) is 0.778. The van der Waals surface area contributed by atoms with Gasteiger partial charge >= 0.3 is 0 Å². The molecule has 0 aromatic carbocycles. The highest BCUT2D eigenvalue weighted by atomic mass is 16.1. The van der Waals surface area contributed by atoms with Crippen LogP contribution in [0.3, 0.4) is 0 Å². The summed E-state index contributed by atoms with van der Waals surface area (Å²) in [5, 5.41) is 0. The summed E-state index contributed by atoms with van der Waals surface area (Å²) in [7, 11) is 0. The molecule has 2 heteroatoms. The highest BCUT2D eigenvalue weighted by Gasteiger charge is 2.15. The van der Waals surface area contributed by atoms with Crippen LogP contribution in [0.1, 0.15) is 38.5 Å². The molecule has 1 fully saturated rings. The third kappa shape index (κ3) is 2.91. The lowest BCUT2D eigenvalue weighted by molar-refractivity contribution is -0.122. The maximum absolute atomic E-state index is 10.8. The van der Waals surface area contributed by atoms with Gasteiger partial charge < -0.3 is 5.73 Å². The van der Waals surface area contributed by atoms with Gasteiger partial charge in [0.2, 0.25) is 5.91 Å². The van der Waals surface area contributed by atoms with Crippen LogP contribution in [0.4, 0.5) is 0 Å². The Kier molecular flexibility index (Phi) is 3.40. The first kappa shape index (κ1) is 8.57. The van der Waals surface area contributed by atoms with Crippen LogP contribution >= 0.6 is 0 Å². The van der Waals surface area contributed by atoms with E-state index in [1.165, 1.54) is 0 Å². The molecule has 0 saturated heterocycles. The molecular formula is C9H16NO. The Hall–Kier alpha value is -0.530. The third-order valence-electron chi connectivity index (χ3n) is 2.32. The first-order chi connectivity index (χ1) is 5.30. The van der Waals surface area contributed by atoms with Gasteiger partial charge in [0.05, 0.1) is 0 Å². The lowest BCUT2D eigenvalue weighted by Crippen LogP contribution is -2.23. The lowest BCUT2D eigenvalue weighted by atomic mass is 9.91. The molecule has 2 N–H and O–H groups in total. The van der Waals surface area contributed by atoms with Crippen molar-refractivity contribution >= 4 is 5.91 Å². The van der Waals surface area contributed by atoms with Crippen molar-refractivity contribution in [2.75, 3.05) is 0 Å².